The Morgan fingerprint density at radius 3 is 2.59 bits per heavy atom. The number of allylic oxidation sites excluding steroid dienone is 2. The van der Waals surface area contributed by atoms with Crippen LogP contribution in [0.4, 0.5) is 0 Å². The van der Waals surface area contributed by atoms with E-state index >= 15 is 0 Å². The molecule has 0 aromatic rings. The van der Waals surface area contributed by atoms with Crippen molar-refractivity contribution in [2.45, 2.75) is 71.6 Å². The van der Waals surface area contributed by atoms with Crippen LogP contribution in [-0.4, -0.2) is 55.9 Å². The van der Waals surface area contributed by atoms with Crippen molar-refractivity contribution in [1.29, 1.82) is 0 Å². The van der Waals surface area contributed by atoms with Crippen molar-refractivity contribution in [3.05, 3.63) is 11.6 Å². The summed E-state index contributed by atoms with van der Waals surface area (Å²) in [6, 6.07) is 0. The Labute approximate surface area is 177 Å². The molecule has 2 atom stereocenters. The Hall–Kier alpha value is -1.24. The summed E-state index contributed by atoms with van der Waals surface area (Å²) in [6.45, 7) is 7.45. The fraction of sp³-hybridized carbons (Fsp3) is 0.826. The predicted octanol–water partition coefficient (Wildman–Crippen LogP) is 2.94. The molecule has 0 saturated heterocycles. The molecule has 0 heterocycles. The molecule has 6 nitrogen and oxygen atoms in total. The molecule has 1 radical (unpaired) electrons. The molecular formula is C23H43N4O2. The van der Waals surface area contributed by atoms with Crippen LogP contribution in [0.1, 0.15) is 71.6 Å². The number of hydrogen-bond donors (Lipinski definition) is 2. The van der Waals surface area contributed by atoms with E-state index < -0.39 is 0 Å². The second-order valence-electron chi connectivity index (χ2n) is 8.49. The molecule has 1 rings (SSSR count). The second-order valence-corrected chi connectivity index (χ2v) is 8.49. The lowest BCUT2D eigenvalue weighted by atomic mass is 9.80. The molecule has 29 heavy (non-hydrogen) atoms. The Morgan fingerprint density at radius 1 is 1.17 bits per heavy atom. The van der Waals surface area contributed by atoms with Gasteiger partial charge in [-0.1, -0.05) is 37.8 Å². The number of unbranched alkanes of at least 4 members (excludes halogenated alkanes) is 4. The van der Waals surface area contributed by atoms with Crippen molar-refractivity contribution in [3.63, 3.8) is 0 Å². The summed E-state index contributed by atoms with van der Waals surface area (Å²) in [5.41, 5.74) is 14.3. The zero-order valence-electron chi connectivity index (χ0n) is 18.7. The van der Waals surface area contributed by atoms with Gasteiger partial charge in [-0.3, -0.25) is 15.3 Å². The fourth-order valence-electron chi connectivity index (χ4n) is 4.14. The highest BCUT2D eigenvalue weighted by atomic mass is 16.2. The minimum atomic E-state index is 0.170. The summed E-state index contributed by atoms with van der Waals surface area (Å²) < 4.78 is 0. The summed E-state index contributed by atoms with van der Waals surface area (Å²) >= 11 is 0. The second kappa shape index (κ2) is 15.6. The first-order valence-corrected chi connectivity index (χ1v) is 11.5. The van der Waals surface area contributed by atoms with Crippen molar-refractivity contribution < 1.29 is 9.59 Å². The molecule has 2 unspecified atom stereocenters. The Bertz CT molecular complexity index is 507. The van der Waals surface area contributed by atoms with Gasteiger partial charge in [0.2, 0.25) is 5.91 Å². The first-order chi connectivity index (χ1) is 14.0. The number of hydrogen-bond acceptors (Lipinski definition) is 4. The van der Waals surface area contributed by atoms with E-state index in [9.17, 15) is 9.59 Å². The molecule has 0 spiro atoms. The van der Waals surface area contributed by atoms with Crippen LogP contribution < -0.4 is 16.8 Å². The van der Waals surface area contributed by atoms with Gasteiger partial charge in [0, 0.05) is 51.6 Å². The smallest absolute Gasteiger partial charge is 0.222 e. The fourth-order valence-corrected chi connectivity index (χ4v) is 4.14. The number of nitrogens with two attached hydrogens (primary N) is 1. The number of ketones is 1. The van der Waals surface area contributed by atoms with Crippen molar-refractivity contribution in [2.75, 3.05) is 39.3 Å². The maximum atomic E-state index is 12.4. The van der Waals surface area contributed by atoms with Crippen LogP contribution in [0.2, 0.25) is 0 Å². The number of carbonyl (C=O) groups is 2. The maximum Gasteiger partial charge on any atom is 0.222 e. The molecule has 0 fully saturated rings. The van der Waals surface area contributed by atoms with Gasteiger partial charge in [0.05, 0.1) is 0 Å². The van der Waals surface area contributed by atoms with E-state index in [4.69, 9.17) is 11.5 Å². The normalized spacial score (nSPS) is 19.1. The molecule has 1 aliphatic carbocycles. The van der Waals surface area contributed by atoms with E-state index in [2.05, 4.69) is 18.3 Å². The van der Waals surface area contributed by atoms with Crippen LogP contribution in [0, 0.1) is 11.8 Å². The highest BCUT2D eigenvalue weighted by molar-refractivity contribution is 5.78. The maximum absolute atomic E-state index is 12.4. The van der Waals surface area contributed by atoms with Crippen LogP contribution in [0.5, 0.6) is 0 Å². The van der Waals surface area contributed by atoms with Gasteiger partial charge >= 0.3 is 0 Å². The third kappa shape index (κ3) is 11.5. The molecular weight excluding hydrogens is 364 g/mol. The third-order valence-corrected chi connectivity index (χ3v) is 5.76. The zero-order chi connectivity index (χ0) is 21.5. The average Bonchev–Trinajstić information content (AvgIpc) is 2.69. The van der Waals surface area contributed by atoms with Gasteiger partial charge in [0.15, 0.2) is 0 Å². The number of nitrogens with zero attached hydrogens (tertiary/aromatic N) is 1. The van der Waals surface area contributed by atoms with Crippen LogP contribution >= 0.6 is 0 Å². The van der Waals surface area contributed by atoms with E-state index in [0.29, 0.717) is 37.8 Å². The van der Waals surface area contributed by atoms with E-state index in [1.54, 1.807) is 11.8 Å². The molecule has 167 valence electrons. The summed E-state index contributed by atoms with van der Waals surface area (Å²) in [5, 5.41) is 3.20. The van der Waals surface area contributed by atoms with E-state index in [-0.39, 0.29) is 18.4 Å². The lowest BCUT2D eigenvalue weighted by Gasteiger charge is -2.25. The average molecular weight is 408 g/mol. The quantitative estimate of drug-likeness (QED) is 0.303. The van der Waals surface area contributed by atoms with Crippen LogP contribution in [-0.2, 0) is 9.59 Å². The summed E-state index contributed by atoms with van der Waals surface area (Å²) in [5.74, 6) is 1.26. The number of Topliss-reactive ketones (excluding diaryl/α,β-unsaturated/α-hetero) is 1. The summed E-state index contributed by atoms with van der Waals surface area (Å²) in [4.78, 5) is 25.9. The zero-order valence-corrected chi connectivity index (χ0v) is 18.7. The Kier molecular flexibility index (Phi) is 13.9. The van der Waals surface area contributed by atoms with Crippen molar-refractivity contribution in [3.8, 4) is 0 Å². The largest absolute Gasteiger partial charge is 0.340 e. The monoisotopic (exact) mass is 407 g/mol. The highest BCUT2D eigenvalue weighted by Gasteiger charge is 2.22. The molecule has 0 saturated carbocycles. The Morgan fingerprint density at radius 2 is 1.90 bits per heavy atom. The molecule has 1 aliphatic rings. The summed E-state index contributed by atoms with van der Waals surface area (Å²) in [6.07, 6.45) is 11.6. The van der Waals surface area contributed by atoms with E-state index in [1.165, 1.54) is 18.4 Å². The van der Waals surface area contributed by atoms with Gasteiger partial charge in [0.1, 0.15) is 5.78 Å². The molecule has 0 aliphatic heterocycles. The molecule has 0 aromatic heterocycles. The lowest BCUT2D eigenvalue weighted by Crippen LogP contribution is -2.39. The molecule has 6 heteroatoms. The van der Waals surface area contributed by atoms with Gasteiger partial charge in [-0.2, -0.15) is 0 Å². The number of nitrogens with one attached hydrogen (secondary N) is 2. The van der Waals surface area contributed by atoms with E-state index in [0.717, 1.165) is 51.6 Å². The van der Waals surface area contributed by atoms with Gasteiger partial charge in [-0.05, 0) is 44.9 Å². The SMILES string of the molecule is CC(=O)C1CC(CCCCCCCC(=O)N(CC[NH])CCNCCN)=CC(C)C1. The first-order valence-electron chi connectivity index (χ1n) is 11.5. The van der Waals surface area contributed by atoms with Gasteiger partial charge in [-0.15, -0.1) is 0 Å². The highest BCUT2D eigenvalue weighted by Crippen LogP contribution is 2.31. The van der Waals surface area contributed by atoms with Crippen LogP contribution in [0.25, 0.3) is 0 Å². The lowest BCUT2D eigenvalue weighted by molar-refractivity contribution is -0.131. The third-order valence-electron chi connectivity index (χ3n) is 5.76. The predicted molar refractivity (Wildman–Crippen MR) is 119 cm³/mol. The van der Waals surface area contributed by atoms with Gasteiger partial charge < -0.3 is 16.0 Å². The molecule has 0 bridgehead atoms. The number of amides is 1. The van der Waals surface area contributed by atoms with Crippen LogP contribution in [0.3, 0.4) is 0 Å². The van der Waals surface area contributed by atoms with Crippen molar-refractivity contribution >= 4 is 11.7 Å². The minimum Gasteiger partial charge on any atom is -0.340 e. The molecule has 0 aromatic carbocycles. The standard InChI is InChI=1S/C23H43N4O2/c1-19-16-21(18-22(17-19)20(2)28)8-6-4-3-5-7-9-23(29)27(14-11-25)15-13-26-12-10-24/h16,19,22,25-26H,3-15,17-18,24H2,1-2H3. The van der Waals surface area contributed by atoms with E-state index in [1.807, 2.05) is 0 Å². The summed E-state index contributed by atoms with van der Waals surface area (Å²) in [7, 11) is 0. The number of carbonyl (C=O) groups excluding carboxylic acids is 2. The van der Waals surface area contributed by atoms with Gasteiger partial charge in [-0.25, -0.2) is 0 Å². The van der Waals surface area contributed by atoms with Crippen molar-refractivity contribution in [1.82, 2.24) is 16.0 Å². The van der Waals surface area contributed by atoms with Crippen LogP contribution in [0.15, 0.2) is 11.6 Å². The van der Waals surface area contributed by atoms with Gasteiger partial charge in [0.25, 0.3) is 0 Å². The van der Waals surface area contributed by atoms with Crippen molar-refractivity contribution in [2.24, 2.45) is 17.6 Å². The topological polar surface area (TPSA) is 99.2 Å². The first kappa shape index (κ1) is 25.8. The molecule has 1 amide bonds. The molecule has 4 N–H and O–H groups in total. The minimum absolute atomic E-state index is 0.170. The Balaban J connectivity index is 2.14. The number of rotatable bonds is 16.